The largest absolute Gasteiger partial charge is 0.478 e. The molecule has 0 bridgehead atoms. The standard InChI is InChI=1S/C11H19NO3/c1-15-9-10-4-7-12(8-5-10)6-2-3-11(13)14/h2-3,10H,4-9H2,1H3,(H,13,14). The highest BCUT2D eigenvalue weighted by Crippen LogP contribution is 2.16. The lowest BCUT2D eigenvalue weighted by atomic mass is 9.98. The van der Waals surface area contributed by atoms with E-state index in [1.54, 1.807) is 13.2 Å². The summed E-state index contributed by atoms with van der Waals surface area (Å²) in [4.78, 5) is 12.5. The van der Waals surface area contributed by atoms with E-state index in [0.717, 1.165) is 39.1 Å². The Balaban J connectivity index is 2.17. The number of likely N-dealkylation sites (tertiary alicyclic amines) is 1. The second kappa shape index (κ2) is 6.58. The zero-order chi connectivity index (χ0) is 11.1. The predicted octanol–water partition coefficient (Wildman–Crippen LogP) is 0.986. The van der Waals surface area contributed by atoms with E-state index in [2.05, 4.69) is 4.90 Å². The number of ether oxygens (including phenoxy) is 1. The van der Waals surface area contributed by atoms with Gasteiger partial charge in [0.25, 0.3) is 0 Å². The molecule has 0 spiro atoms. The van der Waals surface area contributed by atoms with Crippen LogP contribution in [-0.4, -0.2) is 49.3 Å². The van der Waals surface area contributed by atoms with Crippen LogP contribution in [0.1, 0.15) is 12.8 Å². The first-order valence-corrected chi connectivity index (χ1v) is 5.33. The van der Waals surface area contributed by atoms with E-state index >= 15 is 0 Å². The van der Waals surface area contributed by atoms with Crippen LogP contribution >= 0.6 is 0 Å². The van der Waals surface area contributed by atoms with Crippen LogP contribution in [0.2, 0.25) is 0 Å². The zero-order valence-corrected chi connectivity index (χ0v) is 9.19. The van der Waals surface area contributed by atoms with Gasteiger partial charge < -0.3 is 9.84 Å². The van der Waals surface area contributed by atoms with Gasteiger partial charge in [0.2, 0.25) is 0 Å². The maximum absolute atomic E-state index is 10.3. The molecule has 1 N–H and O–H groups in total. The van der Waals surface area contributed by atoms with Crippen LogP contribution in [0.3, 0.4) is 0 Å². The van der Waals surface area contributed by atoms with Crippen molar-refractivity contribution in [3.05, 3.63) is 12.2 Å². The highest BCUT2D eigenvalue weighted by molar-refractivity contribution is 5.79. The molecule has 0 aromatic heterocycles. The topological polar surface area (TPSA) is 49.8 Å². The van der Waals surface area contributed by atoms with E-state index in [9.17, 15) is 4.79 Å². The summed E-state index contributed by atoms with van der Waals surface area (Å²) in [6, 6.07) is 0. The molecule has 0 aromatic rings. The van der Waals surface area contributed by atoms with Crippen molar-refractivity contribution in [2.45, 2.75) is 12.8 Å². The molecule has 0 unspecified atom stereocenters. The van der Waals surface area contributed by atoms with Gasteiger partial charge in [-0.05, 0) is 31.8 Å². The molecule has 1 fully saturated rings. The minimum Gasteiger partial charge on any atom is -0.478 e. The van der Waals surface area contributed by atoms with Crippen LogP contribution in [0.5, 0.6) is 0 Å². The van der Waals surface area contributed by atoms with E-state index in [1.165, 1.54) is 6.08 Å². The highest BCUT2D eigenvalue weighted by Gasteiger charge is 2.17. The van der Waals surface area contributed by atoms with Gasteiger partial charge in [-0.25, -0.2) is 4.79 Å². The number of carboxylic acid groups (broad SMARTS) is 1. The molecule has 15 heavy (non-hydrogen) atoms. The first-order chi connectivity index (χ1) is 7.22. The van der Waals surface area contributed by atoms with Gasteiger partial charge in [-0.1, -0.05) is 6.08 Å². The zero-order valence-electron chi connectivity index (χ0n) is 9.19. The summed E-state index contributed by atoms with van der Waals surface area (Å²) < 4.78 is 5.12. The van der Waals surface area contributed by atoms with Gasteiger partial charge in [-0.3, -0.25) is 4.90 Å². The van der Waals surface area contributed by atoms with E-state index in [0.29, 0.717) is 5.92 Å². The average Bonchev–Trinajstić information content (AvgIpc) is 2.20. The Labute approximate surface area is 90.5 Å². The van der Waals surface area contributed by atoms with Crippen molar-refractivity contribution >= 4 is 5.97 Å². The summed E-state index contributed by atoms with van der Waals surface area (Å²) in [7, 11) is 1.74. The first-order valence-electron chi connectivity index (χ1n) is 5.33. The number of carboxylic acids is 1. The molecule has 1 aliphatic heterocycles. The minimum atomic E-state index is -0.871. The number of methoxy groups -OCH3 is 1. The first kappa shape index (κ1) is 12.2. The van der Waals surface area contributed by atoms with E-state index in [4.69, 9.17) is 9.84 Å². The molecule has 0 radical (unpaired) electrons. The van der Waals surface area contributed by atoms with Gasteiger partial charge in [-0.15, -0.1) is 0 Å². The average molecular weight is 213 g/mol. The van der Waals surface area contributed by atoms with Crippen LogP contribution in [0.15, 0.2) is 12.2 Å². The number of nitrogens with zero attached hydrogens (tertiary/aromatic N) is 1. The van der Waals surface area contributed by atoms with Crippen molar-refractivity contribution < 1.29 is 14.6 Å². The second-order valence-electron chi connectivity index (χ2n) is 3.94. The van der Waals surface area contributed by atoms with Crippen molar-refractivity contribution in [1.29, 1.82) is 0 Å². The van der Waals surface area contributed by atoms with E-state index in [-0.39, 0.29) is 0 Å². The summed E-state index contributed by atoms with van der Waals surface area (Å²) in [6.07, 6.45) is 5.21. The number of aliphatic carboxylic acids is 1. The predicted molar refractivity (Wildman–Crippen MR) is 57.8 cm³/mol. The minimum absolute atomic E-state index is 0.676. The van der Waals surface area contributed by atoms with Gasteiger partial charge in [0.1, 0.15) is 0 Å². The van der Waals surface area contributed by atoms with Gasteiger partial charge in [0.05, 0.1) is 0 Å². The Morgan fingerprint density at radius 3 is 2.73 bits per heavy atom. The Kier molecular flexibility index (Phi) is 5.36. The Bertz CT molecular complexity index is 220. The SMILES string of the molecule is COCC1CCN(CC=CC(=O)O)CC1. The lowest BCUT2D eigenvalue weighted by molar-refractivity contribution is -0.131. The lowest BCUT2D eigenvalue weighted by Crippen LogP contribution is -2.35. The molecule has 0 atom stereocenters. The van der Waals surface area contributed by atoms with Crippen molar-refractivity contribution in [3.8, 4) is 0 Å². The van der Waals surface area contributed by atoms with Crippen molar-refractivity contribution in [1.82, 2.24) is 4.90 Å². The molecular weight excluding hydrogens is 194 g/mol. The maximum atomic E-state index is 10.3. The van der Waals surface area contributed by atoms with Crippen molar-refractivity contribution in [2.75, 3.05) is 33.4 Å². The fraction of sp³-hybridized carbons (Fsp3) is 0.727. The van der Waals surface area contributed by atoms with Gasteiger partial charge in [0, 0.05) is 26.3 Å². The molecule has 0 aliphatic carbocycles. The molecule has 1 heterocycles. The van der Waals surface area contributed by atoms with Crippen LogP contribution in [0.25, 0.3) is 0 Å². The van der Waals surface area contributed by atoms with E-state index < -0.39 is 5.97 Å². The van der Waals surface area contributed by atoms with Crippen molar-refractivity contribution in [3.63, 3.8) is 0 Å². The summed E-state index contributed by atoms with van der Waals surface area (Å²) >= 11 is 0. The van der Waals surface area contributed by atoms with Crippen LogP contribution < -0.4 is 0 Å². The third-order valence-corrected chi connectivity index (χ3v) is 2.73. The molecule has 0 amide bonds. The fourth-order valence-corrected chi connectivity index (χ4v) is 1.87. The van der Waals surface area contributed by atoms with E-state index in [1.807, 2.05) is 0 Å². The molecule has 0 saturated carbocycles. The molecule has 4 heteroatoms. The fourth-order valence-electron chi connectivity index (χ4n) is 1.87. The summed E-state index contributed by atoms with van der Waals surface area (Å²) in [6.45, 7) is 3.67. The molecule has 1 rings (SSSR count). The number of hydrogen-bond acceptors (Lipinski definition) is 3. The normalized spacial score (nSPS) is 19.8. The third-order valence-electron chi connectivity index (χ3n) is 2.73. The number of rotatable bonds is 5. The Morgan fingerprint density at radius 2 is 2.20 bits per heavy atom. The number of carbonyl (C=O) groups is 1. The Morgan fingerprint density at radius 1 is 1.53 bits per heavy atom. The summed E-state index contributed by atoms with van der Waals surface area (Å²) in [5.74, 6) is -0.195. The van der Waals surface area contributed by atoms with Crippen LogP contribution in [-0.2, 0) is 9.53 Å². The Hall–Kier alpha value is -0.870. The lowest BCUT2D eigenvalue weighted by Gasteiger charge is -2.30. The van der Waals surface area contributed by atoms with Gasteiger partial charge in [-0.2, -0.15) is 0 Å². The molecule has 86 valence electrons. The maximum Gasteiger partial charge on any atom is 0.328 e. The summed E-state index contributed by atoms with van der Waals surface area (Å²) in [5.41, 5.74) is 0. The molecule has 1 saturated heterocycles. The molecule has 1 aliphatic rings. The van der Waals surface area contributed by atoms with Gasteiger partial charge in [0.15, 0.2) is 0 Å². The molecule has 4 nitrogen and oxygen atoms in total. The third kappa shape index (κ3) is 4.95. The van der Waals surface area contributed by atoms with Crippen LogP contribution in [0.4, 0.5) is 0 Å². The quantitative estimate of drug-likeness (QED) is 0.692. The van der Waals surface area contributed by atoms with Gasteiger partial charge >= 0.3 is 5.97 Å². The molecule has 0 aromatic carbocycles. The van der Waals surface area contributed by atoms with Crippen molar-refractivity contribution in [2.24, 2.45) is 5.92 Å². The van der Waals surface area contributed by atoms with Crippen LogP contribution in [0, 0.1) is 5.92 Å². The summed E-state index contributed by atoms with van der Waals surface area (Å²) in [5, 5.41) is 8.43. The number of hydrogen-bond donors (Lipinski definition) is 1. The molecular formula is C11H19NO3. The monoisotopic (exact) mass is 213 g/mol. The smallest absolute Gasteiger partial charge is 0.328 e. The second-order valence-corrected chi connectivity index (χ2v) is 3.94. The number of piperidine rings is 1. The highest BCUT2D eigenvalue weighted by atomic mass is 16.5.